The summed E-state index contributed by atoms with van der Waals surface area (Å²) in [6.07, 6.45) is 5.62. The van der Waals surface area contributed by atoms with Crippen LogP contribution < -0.4 is 4.72 Å². The number of nitrogens with zero attached hydrogens (tertiary/aromatic N) is 2. The SMILES string of the molecule is O=[N+]([O-])c1ccccc1S(=O)(=O)NCCCN1CCCCCC1. The zero-order valence-electron chi connectivity index (χ0n) is 13.1. The Morgan fingerprint density at radius 1 is 1.13 bits per heavy atom. The highest BCUT2D eigenvalue weighted by molar-refractivity contribution is 7.89. The van der Waals surface area contributed by atoms with Crippen LogP contribution in [-0.4, -0.2) is 44.4 Å². The van der Waals surface area contributed by atoms with Crippen LogP contribution >= 0.6 is 0 Å². The number of sulfonamides is 1. The van der Waals surface area contributed by atoms with Gasteiger partial charge in [-0.05, 0) is 45.0 Å². The third-order valence-corrected chi connectivity index (χ3v) is 5.50. The van der Waals surface area contributed by atoms with E-state index in [0.29, 0.717) is 6.42 Å². The summed E-state index contributed by atoms with van der Waals surface area (Å²) in [4.78, 5) is 12.3. The molecule has 0 unspecified atom stereocenters. The highest BCUT2D eigenvalue weighted by atomic mass is 32.2. The third-order valence-electron chi connectivity index (χ3n) is 3.99. The molecule has 1 aliphatic heterocycles. The van der Waals surface area contributed by atoms with Crippen molar-refractivity contribution < 1.29 is 13.3 Å². The number of nitrogens with one attached hydrogen (secondary N) is 1. The van der Waals surface area contributed by atoms with Gasteiger partial charge in [-0.3, -0.25) is 10.1 Å². The molecule has 0 amide bonds. The van der Waals surface area contributed by atoms with Gasteiger partial charge in [0.05, 0.1) is 4.92 Å². The summed E-state index contributed by atoms with van der Waals surface area (Å²) >= 11 is 0. The van der Waals surface area contributed by atoms with E-state index >= 15 is 0 Å². The minimum absolute atomic E-state index is 0.278. The van der Waals surface area contributed by atoms with Crippen LogP contribution in [0.3, 0.4) is 0 Å². The van der Waals surface area contributed by atoms with Crippen molar-refractivity contribution >= 4 is 15.7 Å². The molecule has 0 aromatic heterocycles. The molecule has 7 nitrogen and oxygen atoms in total. The number of likely N-dealkylation sites (tertiary alicyclic amines) is 1. The van der Waals surface area contributed by atoms with E-state index in [4.69, 9.17) is 0 Å². The molecule has 128 valence electrons. The summed E-state index contributed by atoms with van der Waals surface area (Å²) in [5.74, 6) is 0. The van der Waals surface area contributed by atoms with Crippen LogP contribution in [0.1, 0.15) is 32.1 Å². The molecule has 0 atom stereocenters. The van der Waals surface area contributed by atoms with E-state index in [1.807, 2.05) is 0 Å². The quantitative estimate of drug-likeness (QED) is 0.466. The average Bonchev–Trinajstić information content (AvgIpc) is 2.80. The maximum atomic E-state index is 12.2. The summed E-state index contributed by atoms with van der Waals surface area (Å²) in [5, 5.41) is 10.9. The van der Waals surface area contributed by atoms with Crippen LogP contribution in [0, 0.1) is 10.1 Å². The summed E-state index contributed by atoms with van der Waals surface area (Å²) in [7, 11) is -3.86. The first kappa shape index (κ1) is 17.8. The molecular formula is C15H23N3O4S. The Morgan fingerprint density at radius 2 is 1.78 bits per heavy atom. The zero-order chi connectivity index (χ0) is 16.7. The maximum absolute atomic E-state index is 12.2. The van der Waals surface area contributed by atoms with Gasteiger partial charge in [-0.15, -0.1) is 0 Å². The van der Waals surface area contributed by atoms with Crippen molar-refractivity contribution in [2.45, 2.75) is 37.0 Å². The fraction of sp³-hybridized carbons (Fsp3) is 0.600. The molecule has 1 saturated heterocycles. The Morgan fingerprint density at radius 3 is 2.43 bits per heavy atom. The van der Waals surface area contributed by atoms with Gasteiger partial charge in [-0.1, -0.05) is 25.0 Å². The zero-order valence-corrected chi connectivity index (χ0v) is 13.9. The smallest absolute Gasteiger partial charge is 0.289 e. The van der Waals surface area contributed by atoms with Crippen molar-refractivity contribution in [3.63, 3.8) is 0 Å². The molecule has 2 rings (SSSR count). The van der Waals surface area contributed by atoms with Crippen molar-refractivity contribution in [1.82, 2.24) is 9.62 Å². The minimum Gasteiger partial charge on any atom is -0.303 e. The van der Waals surface area contributed by atoms with Gasteiger partial charge in [0.2, 0.25) is 10.0 Å². The lowest BCUT2D eigenvalue weighted by Crippen LogP contribution is -2.31. The second kappa shape index (κ2) is 8.37. The van der Waals surface area contributed by atoms with E-state index in [1.165, 1.54) is 49.9 Å². The second-order valence-corrected chi connectivity index (χ2v) is 7.47. The van der Waals surface area contributed by atoms with E-state index in [9.17, 15) is 18.5 Å². The summed E-state index contributed by atoms with van der Waals surface area (Å²) in [6.45, 7) is 3.26. The number of para-hydroxylation sites is 1. The second-order valence-electron chi connectivity index (χ2n) is 5.73. The molecule has 1 N–H and O–H groups in total. The Labute approximate surface area is 136 Å². The first-order valence-electron chi connectivity index (χ1n) is 7.96. The molecule has 0 bridgehead atoms. The Kier molecular flexibility index (Phi) is 6.49. The predicted molar refractivity (Wildman–Crippen MR) is 87.8 cm³/mol. The molecule has 0 spiro atoms. The topological polar surface area (TPSA) is 92.5 Å². The highest BCUT2D eigenvalue weighted by Gasteiger charge is 2.24. The summed E-state index contributed by atoms with van der Waals surface area (Å²) < 4.78 is 26.9. The van der Waals surface area contributed by atoms with E-state index in [-0.39, 0.29) is 11.4 Å². The van der Waals surface area contributed by atoms with Crippen molar-refractivity contribution in [2.24, 2.45) is 0 Å². The number of nitro benzene ring substituents is 1. The number of nitro groups is 1. The molecule has 0 aliphatic carbocycles. The van der Waals surface area contributed by atoms with E-state index in [2.05, 4.69) is 9.62 Å². The number of hydrogen-bond acceptors (Lipinski definition) is 5. The van der Waals surface area contributed by atoms with Gasteiger partial charge in [0, 0.05) is 12.6 Å². The van der Waals surface area contributed by atoms with Crippen LogP contribution in [0.2, 0.25) is 0 Å². The first-order chi connectivity index (χ1) is 11.0. The molecule has 1 aromatic rings. The van der Waals surface area contributed by atoms with Gasteiger partial charge in [0.25, 0.3) is 5.69 Å². The Hall–Kier alpha value is -1.51. The lowest BCUT2D eigenvalue weighted by Gasteiger charge is -2.19. The lowest BCUT2D eigenvalue weighted by molar-refractivity contribution is -0.387. The molecule has 0 radical (unpaired) electrons. The van der Waals surface area contributed by atoms with Gasteiger partial charge in [-0.2, -0.15) is 0 Å². The van der Waals surface area contributed by atoms with E-state index < -0.39 is 20.6 Å². The Balaban J connectivity index is 1.88. The summed E-state index contributed by atoms with van der Waals surface area (Å²) in [5.41, 5.74) is -0.396. The van der Waals surface area contributed by atoms with Gasteiger partial charge in [0.15, 0.2) is 4.90 Å². The van der Waals surface area contributed by atoms with Gasteiger partial charge >= 0.3 is 0 Å². The minimum atomic E-state index is -3.86. The van der Waals surface area contributed by atoms with Crippen molar-refractivity contribution in [1.29, 1.82) is 0 Å². The van der Waals surface area contributed by atoms with Crippen molar-refractivity contribution in [3.8, 4) is 0 Å². The van der Waals surface area contributed by atoms with E-state index in [1.54, 1.807) is 0 Å². The van der Waals surface area contributed by atoms with Crippen LogP contribution in [0.15, 0.2) is 29.2 Å². The lowest BCUT2D eigenvalue weighted by atomic mass is 10.2. The molecule has 1 heterocycles. The first-order valence-corrected chi connectivity index (χ1v) is 9.44. The molecule has 1 aliphatic rings. The number of hydrogen-bond donors (Lipinski definition) is 1. The standard InChI is InChI=1S/C15H23N3O4S/c19-18(20)14-8-3-4-9-15(14)23(21,22)16-10-7-13-17-11-5-1-2-6-12-17/h3-4,8-9,16H,1-2,5-7,10-13H2. The molecule has 8 heteroatoms. The molecule has 1 aromatic carbocycles. The normalized spacial score (nSPS) is 16.9. The summed E-state index contributed by atoms with van der Waals surface area (Å²) in [6, 6.07) is 5.40. The fourth-order valence-electron chi connectivity index (χ4n) is 2.78. The van der Waals surface area contributed by atoms with Gasteiger partial charge in [0.1, 0.15) is 0 Å². The van der Waals surface area contributed by atoms with Crippen LogP contribution in [0.25, 0.3) is 0 Å². The van der Waals surface area contributed by atoms with Crippen molar-refractivity contribution in [2.75, 3.05) is 26.2 Å². The monoisotopic (exact) mass is 341 g/mol. The van der Waals surface area contributed by atoms with E-state index in [0.717, 1.165) is 19.6 Å². The van der Waals surface area contributed by atoms with Crippen LogP contribution in [0.4, 0.5) is 5.69 Å². The highest BCUT2D eigenvalue weighted by Crippen LogP contribution is 2.22. The largest absolute Gasteiger partial charge is 0.303 e. The molecular weight excluding hydrogens is 318 g/mol. The van der Waals surface area contributed by atoms with Gasteiger partial charge < -0.3 is 4.90 Å². The Bertz CT molecular complexity index is 625. The predicted octanol–water partition coefficient (Wildman–Crippen LogP) is 2.14. The van der Waals surface area contributed by atoms with Crippen LogP contribution in [0.5, 0.6) is 0 Å². The maximum Gasteiger partial charge on any atom is 0.289 e. The van der Waals surface area contributed by atoms with Gasteiger partial charge in [-0.25, -0.2) is 13.1 Å². The molecule has 0 saturated carbocycles. The fourth-order valence-corrected chi connectivity index (χ4v) is 4.03. The molecule has 23 heavy (non-hydrogen) atoms. The number of rotatable bonds is 7. The van der Waals surface area contributed by atoms with Crippen molar-refractivity contribution in [3.05, 3.63) is 34.4 Å². The number of benzene rings is 1. The average molecular weight is 341 g/mol. The van der Waals surface area contributed by atoms with Crippen LogP contribution in [-0.2, 0) is 10.0 Å². The third kappa shape index (κ3) is 5.26. The molecule has 1 fully saturated rings.